The third-order valence-corrected chi connectivity index (χ3v) is 6.86. The van der Waals surface area contributed by atoms with Gasteiger partial charge in [-0.05, 0) is 17.7 Å². The number of esters is 1. The summed E-state index contributed by atoms with van der Waals surface area (Å²) in [5.74, 6) is 0.201. The number of benzene rings is 2. The number of nitrogens with one attached hydrogen (secondary N) is 2. The Hall–Kier alpha value is -2.44. The molecule has 1 amide bonds. The average Bonchev–Trinajstić information content (AvgIpc) is 2.80. The minimum atomic E-state index is -0.0711. The van der Waals surface area contributed by atoms with Gasteiger partial charge in [-0.2, -0.15) is 0 Å². The fourth-order valence-electron chi connectivity index (χ4n) is 4.99. The van der Waals surface area contributed by atoms with E-state index >= 15 is 0 Å². The van der Waals surface area contributed by atoms with Gasteiger partial charge in [-0.25, -0.2) is 0 Å². The molecule has 2 heterocycles. The molecule has 31 heavy (non-hydrogen) atoms. The normalized spacial score (nSPS) is 22.4. The van der Waals surface area contributed by atoms with Crippen LogP contribution in [0.1, 0.15) is 25.3 Å². The Labute approximate surface area is 184 Å². The number of carbonyl (C=O) groups is 2. The van der Waals surface area contributed by atoms with Gasteiger partial charge < -0.3 is 19.4 Å². The number of piperidine rings is 1. The van der Waals surface area contributed by atoms with E-state index in [1.54, 1.807) is 4.90 Å². The van der Waals surface area contributed by atoms with E-state index in [4.69, 9.17) is 4.74 Å². The van der Waals surface area contributed by atoms with Crippen molar-refractivity contribution in [3.05, 3.63) is 48.0 Å². The van der Waals surface area contributed by atoms with Crippen LogP contribution in [0.15, 0.2) is 42.5 Å². The Morgan fingerprint density at radius 2 is 1.68 bits per heavy atom. The van der Waals surface area contributed by atoms with Crippen molar-refractivity contribution >= 4 is 22.6 Å². The maximum Gasteiger partial charge on any atom is 0.309 e. The fraction of sp³-hybridized carbons (Fsp3) is 0.520. The second kappa shape index (κ2) is 10.2. The predicted molar refractivity (Wildman–Crippen MR) is 120 cm³/mol. The third kappa shape index (κ3) is 5.43. The van der Waals surface area contributed by atoms with Crippen LogP contribution in [0, 0.1) is 5.92 Å². The summed E-state index contributed by atoms with van der Waals surface area (Å²) in [6, 6.07) is 15.1. The van der Waals surface area contributed by atoms with Crippen LogP contribution in [0.3, 0.4) is 0 Å². The van der Waals surface area contributed by atoms with Crippen molar-refractivity contribution in [2.24, 2.45) is 5.92 Å². The van der Waals surface area contributed by atoms with E-state index in [0.717, 1.165) is 58.7 Å². The van der Waals surface area contributed by atoms with Crippen molar-refractivity contribution in [2.75, 3.05) is 52.4 Å². The molecule has 6 heteroatoms. The number of carbonyl (C=O) groups excluding carboxylic acids is 2. The summed E-state index contributed by atoms with van der Waals surface area (Å²) in [5, 5.41) is 2.63. The van der Waals surface area contributed by atoms with Crippen molar-refractivity contribution in [3.8, 4) is 0 Å². The Bertz CT molecular complexity index is 895. The van der Waals surface area contributed by atoms with Gasteiger partial charge in [-0.1, -0.05) is 42.5 Å². The van der Waals surface area contributed by atoms with Gasteiger partial charge >= 0.3 is 5.97 Å². The zero-order chi connectivity index (χ0) is 21.6. The van der Waals surface area contributed by atoms with Crippen LogP contribution >= 0.6 is 0 Å². The van der Waals surface area contributed by atoms with Crippen LogP contribution in [0.4, 0.5) is 0 Å². The molecule has 0 aromatic heterocycles. The minimum Gasteiger partial charge on any atom is -0.466 e. The van der Waals surface area contributed by atoms with Gasteiger partial charge in [0.25, 0.3) is 5.91 Å². The minimum absolute atomic E-state index is 0.0139. The molecule has 2 fully saturated rings. The molecule has 0 bridgehead atoms. The van der Waals surface area contributed by atoms with Gasteiger partial charge in [0.1, 0.15) is 6.54 Å². The molecule has 2 aliphatic heterocycles. The molecule has 2 aromatic carbocycles. The van der Waals surface area contributed by atoms with Crippen LogP contribution < -0.4 is 9.80 Å². The lowest BCUT2D eigenvalue weighted by atomic mass is 9.97. The van der Waals surface area contributed by atoms with Crippen molar-refractivity contribution in [2.45, 2.75) is 26.3 Å². The standard InChI is InChI=1S/C25H33N3O3/c1-2-31-25(30)21-10-12-26(13-11-21)19-24(29)28-16-14-27(15-17-28)18-22-8-5-7-20-6-3-4-9-23(20)22/h3-9,21H,2,10-19H2,1H3/p+2. The lowest BCUT2D eigenvalue weighted by Gasteiger charge is -2.34. The highest BCUT2D eigenvalue weighted by Crippen LogP contribution is 2.17. The van der Waals surface area contributed by atoms with E-state index < -0.39 is 0 Å². The molecule has 0 saturated carbocycles. The van der Waals surface area contributed by atoms with E-state index in [-0.39, 0.29) is 17.8 Å². The lowest BCUT2D eigenvalue weighted by Crippen LogP contribution is -3.15. The summed E-state index contributed by atoms with van der Waals surface area (Å²) in [5.41, 5.74) is 1.39. The number of likely N-dealkylation sites (tertiary alicyclic amines) is 1. The maximum atomic E-state index is 12.8. The molecule has 2 aromatic rings. The van der Waals surface area contributed by atoms with E-state index in [0.29, 0.717) is 13.2 Å². The molecule has 0 atom stereocenters. The van der Waals surface area contributed by atoms with Crippen molar-refractivity contribution in [1.82, 2.24) is 4.90 Å². The first-order chi connectivity index (χ1) is 15.1. The largest absolute Gasteiger partial charge is 0.466 e. The lowest BCUT2D eigenvalue weighted by molar-refractivity contribution is -0.918. The smallest absolute Gasteiger partial charge is 0.309 e. The number of piperazine rings is 1. The number of nitrogens with zero attached hydrogens (tertiary/aromatic N) is 1. The number of amides is 1. The first kappa shape index (κ1) is 21.8. The van der Waals surface area contributed by atoms with Gasteiger partial charge in [0.15, 0.2) is 6.54 Å². The van der Waals surface area contributed by atoms with Crippen LogP contribution in [-0.4, -0.2) is 69.2 Å². The Kier molecular flexibility index (Phi) is 7.20. The summed E-state index contributed by atoms with van der Waals surface area (Å²) < 4.78 is 5.14. The quantitative estimate of drug-likeness (QED) is 0.637. The zero-order valence-electron chi connectivity index (χ0n) is 18.6. The van der Waals surface area contributed by atoms with Gasteiger partial charge in [0.2, 0.25) is 0 Å². The van der Waals surface area contributed by atoms with Crippen molar-refractivity contribution < 1.29 is 24.1 Å². The van der Waals surface area contributed by atoms with Crippen LogP contribution in [-0.2, 0) is 20.9 Å². The molecule has 0 spiro atoms. The number of ether oxygens (including phenoxy) is 1. The van der Waals surface area contributed by atoms with Gasteiger partial charge in [0.05, 0.1) is 51.8 Å². The topological polar surface area (TPSA) is 55.5 Å². The SMILES string of the molecule is CCOC(=O)C1CC[NH+](CC(=O)N2CC[NH+](Cc3cccc4ccccc34)CC2)CC1. The first-order valence-electron chi connectivity index (χ1n) is 11.7. The molecule has 166 valence electrons. The number of fused-ring (bicyclic) bond motifs is 1. The molecule has 0 radical (unpaired) electrons. The van der Waals surface area contributed by atoms with Crippen LogP contribution in [0.2, 0.25) is 0 Å². The highest BCUT2D eigenvalue weighted by molar-refractivity contribution is 5.85. The number of hydrogen-bond acceptors (Lipinski definition) is 3. The highest BCUT2D eigenvalue weighted by Gasteiger charge is 2.31. The second-order valence-electron chi connectivity index (χ2n) is 8.90. The molecule has 6 nitrogen and oxygen atoms in total. The third-order valence-electron chi connectivity index (χ3n) is 6.86. The van der Waals surface area contributed by atoms with Gasteiger partial charge in [0, 0.05) is 18.4 Å². The van der Waals surface area contributed by atoms with E-state index in [9.17, 15) is 9.59 Å². The zero-order valence-corrected chi connectivity index (χ0v) is 18.6. The van der Waals surface area contributed by atoms with Gasteiger partial charge in [-0.3, -0.25) is 9.59 Å². The Balaban J connectivity index is 1.23. The number of hydrogen-bond donors (Lipinski definition) is 2. The number of quaternary nitrogens is 2. The molecule has 2 saturated heterocycles. The summed E-state index contributed by atoms with van der Waals surface area (Å²) in [6.45, 7) is 9.26. The van der Waals surface area contributed by atoms with E-state index in [1.807, 2.05) is 11.8 Å². The van der Waals surface area contributed by atoms with Crippen molar-refractivity contribution in [3.63, 3.8) is 0 Å². The fourth-order valence-corrected chi connectivity index (χ4v) is 4.99. The van der Waals surface area contributed by atoms with E-state index in [1.165, 1.54) is 21.2 Å². The van der Waals surface area contributed by atoms with Crippen LogP contribution in [0.25, 0.3) is 10.8 Å². The van der Waals surface area contributed by atoms with E-state index in [2.05, 4.69) is 42.5 Å². The summed E-state index contributed by atoms with van der Waals surface area (Å²) in [7, 11) is 0. The van der Waals surface area contributed by atoms with Gasteiger partial charge in [-0.15, -0.1) is 0 Å². The molecule has 2 N–H and O–H groups in total. The predicted octanol–water partition coefficient (Wildman–Crippen LogP) is -0.0751. The molecule has 2 aliphatic rings. The van der Waals surface area contributed by atoms with Crippen LogP contribution in [0.5, 0.6) is 0 Å². The molecular weight excluding hydrogens is 390 g/mol. The number of rotatable bonds is 6. The summed E-state index contributed by atoms with van der Waals surface area (Å²) in [4.78, 5) is 29.6. The first-order valence-corrected chi connectivity index (χ1v) is 11.7. The molecular formula is C25H35N3O3+2. The summed E-state index contributed by atoms with van der Waals surface area (Å²) >= 11 is 0. The highest BCUT2D eigenvalue weighted by atomic mass is 16.5. The average molecular weight is 426 g/mol. The summed E-state index contributed by atoms with van der Waals surface area (Å²) in [6.07, 6.45) is 1.65. The Morgan fingerprint density at radius 3 is 2.42 bits per heavy atom. The molecule has 0 aliphatic carbocycles. The molecule has 4 rings (SSSR count). The maximum absolute atomic E-state index is 12.8. The monoisotopic (exact) mass is 425 g/mol. The van der Waals surface area contributed by atoms with Crippen molar-refractivity contribution in [1.29, 1.82) is 0 Å². The second-order valence-corrected chi connectivity index (χ2v) is 8.90. The Morgan fingerprint density at radius 1 is 0.968 bits per heavy atom. The molecule has 0 unspecified atom stereocenters.